The molecular weight excluding hydrogens is 610 g/mol. The fraction of sp³-hybridized carbons (Fsp3) is 0.429. The van der Waals surface area contributed by atoms with E-state index in [0.29, 0.717) is 54.8 Å². The topological polar surface area (TPSA) is 150 Å². The van der Waals surface area contributed by atoms with Crippen molar-refractivity contribution in [1.29, 1.82) is 0 Å². The maximum atomic E-state index is 14.2. The van der Waals surface area contributed by atoms with Crippen molar-refractivity contribution in [1.82, 2.24) is 34.9 Å². The average Bonchev–Trinajstić information content (AvgIpc) is 3.46. The van der Waals surface area contributed by atoms with Gasteiger partial charge in [-0.05, 0) is 69.1 Å². The van der Waals surface area contributed by atoms with E-state index in [1.165, 1.54) is 0 Å². The van der Waals surface area contributed by atoms with Crippen LogP contribution in [0.25, 0.3) is 22.3 Å². The molecular formula is C35H43N9O4. The number of carbonyl (C=O) groups is 2. The van der Waals surface area contributed by atoms with Crippen LogP contribution >= 0.6 is 0 Å². The van der Waals surface area contributed by atoms with Crippen LogP contribution in [0.4, 0.5) is 11.6 Å². The number of nitrogens with one attached hydrogen (secondary N) is 3. The molecule has 0 aliphatic carbocycles. The second-order valence-electron chi connectivity index (χ2n) is 12.5. The Morgan fingerprint density at radius 3 is 2.60 bits per heavy atom. The number of rotatable bonds is 10. The van der Waals surface area contributed by atoms with Crippen LogP contribution in [-0.2, 0) is 22.5 Å². The SMILES string of the molecule is C=CC(=O)Nc1nn(C2CCOCC2)c2nc(-c3ccc(N4CCN(C)CC4)nc3)cc(C(=O)NCc3c(CCC)cc(C)[nH]c3=O)c12. The molecule has 4 aromatic rings. The lowest BCUT2D eigenvalue weighted by molar-refractivity contribution is -0.111. The first kappa shape index (κ1) is 33.0. The third-order valence-electron chi connectivity index (χ3n) is 9.05. The minimum Gasteiger partial charge on any atom is -0.381 e. The summed E-state index contributed by atoms with van der Waals surface area (Å²) in [7, 11) is 2.12. The van der Waals surface area contributed by atoms with Gasteiger partial charge in [0.2, 0.25) is 5.91 Å². The zero-order valence-corrected chi connectivity index (χ0v) is 27.8. The molecule has 13 heteroatoms. The highest BCUT2D eigenvalue weighted by Crippen LogP contribution is 2.34. The van der Waals surface area contributed by atoms with E-state index in [1.54, 1.807) is 16.9 Å². The number of likely N-dealkylation sites (N-methyl/N-ethyl adjacent to an activating group) is 1. The highest BCUT2D eigenvalue weighted by atomic mass is 16.5. The lowest BCUT2D eigenvalue weighted by atomic mass is 10.0. The number of hydrogen-bond acceptors (Lipinski definition) is 9. The van der Waals surface area contributed by atoms with Crippen LogP contribution in [0.3, 0.4) is 0 Å². The van der Waals surface area contributed by atoms with E-state index in [1.807, 2.05) is 25.1 Å². The molecule has 6 rings (SSSR count). The van der Waals surface area contributed by atoms with Gasteiger partial charge < -0.3 is 30.2 Å². The highest BCUT2D eigenvalue weighted by molar-refractivity contribution is 6.13. The summed E-state index contributed by atoms with van der Waals surface area (Å²) in [5, 5.41) is 11.0. The molecule has 0 unspecified atom stereocenters. The smallest absolute Gasteiger partial charge is 0.253 e. The van der Waals surface area contributed by atoms with Gasteiger partial charge in [0.1, 0.15) is 5.82 Å². The molecule has 3 N–H and O–H groups in total. The number of H-pyrrole nitrogens is 1. The Morgan fingerprint density at radius 1 is 1.15 bits per heavy atom. The number of fused-ring (bicyclic) bond motifs is 1. The number of anilines is 2. The molecule has 2 amide bonds. The number of amides is 2. The number of aromatic nitrogens is 5. The van der Waals surface area contributed by atoms with Crippen LogP contribution in [0.2, 0.25) is 0 Å². The summed E-state index contributed by atoms with van der Waals surface area (Å²) in [5.74, 6) is 0.226. The molecule has 13 nitrogen and oxygen atoms in total. The molecule has 4 aromatic heterocycles. The summed E-state index contributed by atoms with van der Waals surface area (Å²) in [6.45, 7) is 12.4. The van der Waals surface area contributed by atoms with Crippen LogP contribution in [0.15, 0.2) is 47.9 Å². The number of piperazine rings is 1. The van der Waals surface area contributed by atoms with Crippen LogP contribution in [0, 0.1) is 6.92 Å². The minimum atomic E-state index is -0.456. The first-order valence-electron chi connectivity index (χ1n) is 16.6. The van der Waals surface area contributed by atoms with Crippen molar-refractivity contribution in [2.45, 2.75) is 52.1 Å². The Kier molecular flexibility index (Phi) is 9.97. The monoisotopic (exact) mass is 653 g/mol. The third-order valence-corrected chi connectivity index (χ3v) is 9.05. The summed E-state index contributed by atoms with van der Waals surface area (Å²) in [5.41, 5.74) is 3.98. The average molecular weight is 654 g/mol. The van der Waals surface area contributed by atoms with E-state index in [4.69, 9.17) is 19.8 Å². The highest BCUT2D eigenvalue weighted by Gasteiger charge is 2.27. The van der Waals surface area contributed by atoms with Crippen molar-refractivity contribution < 1.29 is 14.3 Å². The van der Waals surface area contributed by atoms with Crippen molar-refractivity contribution in [3.8, 4) is 11.3 Å². The van der Waals surface area contributed by atoms with Crippen LogP contribution < -0.4 is 21.1 Å². The summed E-state index contributed by atoms with van der Waals surface area (Å²) >= 11 is 0. The van der Waals surface area contributed by atoms with Gasteiger partial charge in [0.05, 0.1) is 22.7 Å². The van der Waals surface area contributed by atoms with Crippen LogP contribution in [0.5, 0.6) is 0 Å². The van der Waals surface area contributed by atoms with Gasteiger partial charge in [0.15, 0.2) is 11.5 Å². The molecule has 2 saturated heterocycles. The molecule has 0 atom stereocenters. The molecule has 0 radical (unpaired) electrons. The van der Waals surface area contributed by atoms with E-state index in [2.05, 4.69) is 46.0 Å². The number of hydrogen-bond donors (Lipinski definition) is 3. The normalized spacial score (nSPS) is 15.9. The molecule has 2 aliphatic heterocycles. The number of nitrogens with zero attached hydrogens (tertiary/aromatic N) is 6. The van der Waals surface area contributed by atoms with Gasteiger partial charge in [-0.1, -0.05) is 19.9 Å². The number of carbonyl (C=O) groups excluding carboxylic acids is 2. The van der Waals surface area contributed by atoms with E-state index < -0.39 is 11.8 Å². The maximum absolute atomic E-state index is 14.2. The van der Waals surface area contributed by atoms with Crippen LogP contribution in [-0.4, -0.2) is 87.9 Å². The summed E-state index contributed by atoms with van der Waals surface area (Å²) in [6.07, 6.45) is 5.92. The quantitative estimate of drug-likeness (QED) is 0.218. The van der Waals surface area contributed by atoms with E-state index in [9.17, 15) is 14.4 Å². The van der Waals surface area contributed by atoms with Gasteiger partial charge >= 0.3 is 0 Å². The van der Waals surface area contributed by atoms with Gasteiger partial charge in [-0.2, -0.15) is 5.10 Å². The van der Waals surface area contributed by atoms with Gasteiger partial charge in [-0.15, -0.1) is 0 Å². The fourth-order valence-electron chi connectivity index (χ4n) is 6.40. The minimum absolute atomic E-state index is 0.0344. The Bertz CT molecular complexity index is 1870. The Morgan fingerprint density at radius 2 is 1.92 bits per heavy atom. The Hall–Kier alpha value is -4.88. The molecule has 0 bridgehead atoms. The van der Waals surface area contributed by atoms with Crippen molar-refractivity contribution >= 4 is 34.5 Å². The summed E-state index contributed by atoms with van der Waals surface area (Å²) in [6, 6.07) is 7.56. The largest absolute Gasteiger partial charge is 0.381 e. The fourth-order valence-corrected chi connectivity index (χ4v) is 6.40. The van der Waals surface area contributed by atoms with Gasteiger partial charge in [0.25, 0.3) is 11.5 Å². The second kappa shape index (κ2) is 14.5. The number of aromatic amines is 1. The predicted molar refractivity (Wildman–Crippen MR) is 185 cm³/mol. The number of ether oxygens (including phenoxy) is 1. The number of aryl methyl sites for hydroxylation is 2. The molecule has 48 heavy (non-hydrogen) atoms. The number of pyridine rings is 3. The standard InChI is InChI=1S/C35H43N9O4/c1-5-7-23-18-22(3)38-35(47)27(23)21-37-34(46)26-19-28(24-8-9-29(36-20-24)43-14-12-42(4)13-15-43)39-33-31(26)32(40-30(45)6-2)41-44(33)25-10-16-48-17-11-25/h6,8-9,18-20,25H,2,5,7,10-17,21H2,1,3-4H3,(H,37,46)(H,38,47)(H,40,41,45). The van der Waals surface area contributed by atoms with Gasteiger partial charge in [0, 0.05) is 69.0 Å². The summed E-state index contributed by atoms with van der Waals surface area (Å²) < 4.78 is 7.41. The van der Waals surface area contributed by atoms with E-state index in [0.717, 1.165) is 61.3 Å². The van der Waals surface area contributed by atoms with Crippen molar-refractivity contribution in [2.75, 3.05) is 56.7 Å². The second-order valence-corrected chi connectivity index (χ2v) is 12.5. The first-order chi connectivity index (χ1) is 23.2. The molecule has 0 spiro atoms. The predicted octanol–water partition coefficient (Wildman–Crippen LogP) is 3.60. The maximum Gasteiger partial charge on any atom is 0.253 e. The zero-order chi connectivity index (χ0) is 33.8. The molecule has 0 aromatic carbocycles. The molecule has 0 saturated carbocycles. The van der Waals surface area contributed by atoms with Gasteiger partial charge in [-0.3, -0.25) is 14.4 Å². The first-order valence-corrected chi connectivity index (χ1v) is 16.6. The van der Waals surface area contributed by atoms with Crippen molar-refractivity contribution in [3.05, 3.63) is 75.9 Å². The molecule has 2 fully saturated rings. The van der Waals surface area contributed by atoms with Gasteiger partial charge in [-0.25, -0.2) is 14.6 Å². The Balaban J connectivity index is 1.44. The van der Waals surface area contributed by atoms with Crippen LogP contribution in [0.1, 0.15) is 59.4 Å². The third kappa shape index (κ3) is 7.02. The lowest BCUT2D eigenvalue weighted by Crippen LogP contribution is -2.44. The lowest BCUT2D eigenvalue weighted by Gasteiger charge is -2.33. The molecule has 2 aliphatic rings. The van der Waals surface area contributed by atoms with Crippen molar-refractivity contribution in [2.24, 2.45) is 0 Å². The Labute approximate surface area is 279 Å². The van der Waals surface area contributed by atoms with E-state index >= 15 is 0 Å². The van der Waals surface area contributed by atoms with E-state index in [-0.39, 0.29) is 29.5 Å². The summed E-state index contributed by atoms with van der Waals surface area (Å²) in [4.78, 5) is 56.9. The zero-order valence-electron chi connectivity index (χ0n) is 27.8. The van der Waals surface area contributed by atoms with Crippen molar-refractivity contribution in [3.63, 3.8) is 0 Å². The molecule has 6 heterocycles. The molecule has 252 valence electrons.